The number of fused-ring (bicyclic) bond motifs is 1. The SMILES string of the molecule is CCOc1ccc2c(c1)O/C(=C/c1cccc(OCc3ccc(C(F)(F)F)cc3)c1)C2=O. The molecule has 164 valence electrons. The lowest BCUT2D eigenvalue weighted by Gasteiger charge is -2.09. The van der Waals surface area contributed by atoms with Gasteiger partial charge >= 0.3 is 6.18 Å². The summed E-state index contributed by atoms with van der Waals surface area (Å²) in [4.78, 5) is 12.6. The molecular formula is C25H19F3O4. The molecule has 3 aromatic rings. The first-order valence-electron chi connectivity index (χ1n) is 9.93. The van der Waals surface area contributed by atoms with Crippen LogP contribution in [-0.2, 0) is 12.8 Å². The Morgan fingerprint density at radius 3 is 2.41 bits per heavy atom. The van der Waals surface area contributed by atoms with Crippen LogP contribution >= 0.6 is 0 Å². The van der Waals surface area contributed by atoms with Crippen LogP contribution < -0.4 is 14.2 Å². The summed E-state index contributed by atoms with van der Waals surface area (Å²) in [5.74, 6) is 1.55. The van der Waals surface area contributed by atoms with Gasteiger partial charge in [-0.15, -0.1) is 0 Å². The van der Waals surface area contributed by atoms with E-state index in [1.165, 1.54) is 12.1 Å². The highest BCUT2D eigenvalue weighted by molar-refractivity contribution is 6.14. The predicted molar refractivity (Wildman–Crippen MR) is 113 cm³/mol. The number of hydrogen-bond acceptors (Lipinski definition) is 4. The standard InChI is InChI=1S/C25H19F3O4/c1-2-30-20-10-11-21-22(14-20)32-23(24(21)29)13-17-4-3-5-19(12-17)31-15-16-6-8-18(9-7-16)25(26,27)28/h3-14H,2,15H2,1H3/b23-13+. The first-order valence-corrected chi connectivity index (χ1v) is 9.93. The first-order chi connectivity index (χ1) is 15.3. The van der Waals surface area contributed by atoms with Crippen molar-refractivity contribution in [2.75, 3.05) is 6.61 Å². The van der Waals surface area contributed by atoms with Crippen molar-refractivity contribution in [3.63, 3.8) is 0 Å². The molecule has 1 aliphatic rings. The molecule has 7 heteroatoms. The smallest absolute Gasteiger partial charge is 0.416 e. The fourth-order valence-electron chi connectivity index (χ4n) is 3.23. The van der Waals surface area contributed by atoms with Gasteiger partial charge in [0, 0.05) is 6.07 Å². The maximum atomic E-state index is 12.7. The molecule has 3 aromatic carbocycles. The zero-order chi connectivity index (χ0) is 22.7. The Bertz CT molecular complexity index is 1160. The number of carbonyl (C=O) groups excluding carboxylic acids is 1. The number of hydrogen-bond donors (Lipinski definition) is 0. The lowest BCUT2D eigenvalue weighted by Crippen LogP contribution is -2.05. The number of Topliss-reactive ketones (excluding diaryl/α,β-unsaturated/α-hetero) is 1. The summed E-state index contributed by atoms with van der Waals surface area (Å²) in [5, 5.41) is 0. The molecule has 0 amide bonds. The van der Waals surface area contributed by atoms with Crippen molar-refractivity contribution in [2.45, 2.75) is 19.7 Å². The Balaban J connectivity index is 1.45. The van der Waals surface area contributed by atoms with Gasteiger partial charge in [-0.2, -0.15) is 13.2 Å². The Kier molecular flexibility index (Phi) is 5.90. The van der Waals surface area contributed by atoms with Crippen LogP contribution in [0.4, 0.5) is 13.2 Å². The molecule has 1 heterocycles. The van der Waals surface area contributed by atoms with E-state index in [2.05, 4.69) is 0 Å². The first kappa shape index (κ1) is 21.5. The molecule has 0 spiro atoms. The molecule has 0 atom stereocenters. The number of halogens is 3. The molecule has 4 rings (SSSR count). The van der Waals surface area contributed by atoms with Gasteiger partial charge in [-0.1, -0.05) is 24.3 Å². The van der Waals surface area contributed by atoms with Crippen LogP contribution in [0.1, 0.15) is 34.0 Å². The molecule has 0 unspecified atom stereocenters. The van der Waals surface area contributed by atoms with Gasteiger partial charge in [0.05, 0.1) is 17.7 Å². The second kappa shape index (κ2) is 8.78. The van der Waals surface area contributed by atoms with Crippen molar-refractivity contribution in [1.82, 2.24) is 0 Å². The Morgan fingerprint density at radius 1 is 0.938 bits per heavy atom. The minimum Gasteiger partial charge on any atom is -0.494 e. The van der Waals surface area contributed by atoms with Gasteiger partial charge < -0.3 is 14.2 Å². The molecule has 0 N–H and O–H groups in total. The second-order valence-corrected chi connectivity index (χ2v) is 7.09. The monoisotopic (exact) mass is 440 g/mol. The van der Waals surface area contributed by atoms with E-state index < -0.39 is 11.7 Å². The predicted octanol–water partition coefficient (Wildman–Crippen LogP) is 6.30. The Morgan fingerprint density at radius 2 is 1.69 bits per heavy atom. The van der Waals surface area contributed by atoms with Gasteiger partial charge in [-0.3, -0.25) is 4.79 Å². The second-order valence-electron chi connectivity index (χ2n) is 7.09. The third kappa shape index (κ3) is 4.77. The van der Waals surface area contributed by atoms with Crippen LogP contribution in [0.3, 0.4) is 0 Å². The highest BCUT2D eigenvalue weighted by Crippen LogP contribution is 2.35. The van der Waals surface area contributed by atoms with Gasteiger partial charge in [0.15, 0.2) is 5.76 Å². The van der Waals surface area contributed by atoms with Crippen molar-refractivity contribution in [3.8, 4) is 17.2 Å². The van der Waals surface area contributed by atoms with E-state index in [0.717, 1.165) is 12.1 Å². The van der Waals surface area contributed by atoms with E-state index >= 15 is 0 Å². The molecule has 0 saturated carbocycles. The summed E-state index contributed by atoms with van der Waals surface area (Å²) < 4.78 is 54.9. The van der Waals surface area contributed by atoms with Gasteiger partial charge in [-0.05, 0) is 60.5 Å². The van der Waals surface area contributed by atoms with Gasteiger partial charge in [0.1, 0.15) is 23.9 Å². The molecule has 1 aliphatic heterocycles. The van der Waals surface area contributed by atoms with Crippen LogP contribution in [0, 0.1) is 0 Å². The summed E-state index contributed by atoms with van der Waals surface area (Å²) in [7, 11) is 0. The molecule has 0 saturated heterocycles. The van der Waals surface area contributed by atoms with Crippen molar-refractivity contribution in [2.24, 2.45) is 0 Å². The van der Waals surface area contributed by atoms with Crippen molar-refractivity contribution >= 4 is 11.9 Å². The summed E-state index contributed by atoms with van der Waals surface area (Å²) in [6.07, 6.45) is -2.75. The molecule has 0 fully saturated rings. The van der Waals surface area contributed by atoms with Crippen molar-refractivity contribution in [3.05, 3.63) is 94.7 Å². The zero-order valence-electron chi connectivity index (χ0n) is 17.1. The Hall–Kier alpha value is -3.74. The maximum Gasteiger partial charge on any atom is 0.416 e. The summed E-state index contributed by atoms with van der Waals surface area (Å²) in [6.45, 7) is 2.49. The van der Waals surface area contributed by atoms with Crippen molar-refractivity contribution < 1.29 is 32.2 Å². The lowest BCUT2D eigenvalue weighted by molar-refractivity contribution is -0.137. The van der Waals surface area contributed by atoms with E-state index in [-0.39, 0.29) is 18.1 Å². The summed E-state index contributed by atoms with van der Waals surface area (Å²) >= 11 is 0. The van der Waals surface area contributed by atoms with Crippen LogP contribution in [0.15, 0.2) is 72.5 Å². The lowest BCUT2D eigenvalue weighted by atomic mass is 10.1. The average molecular weight is 440 g/mol. The van der Waals surface area contributed by atoms with Crippen LogP contribution in [0.2, 0.25) is 0 Å². The van der Waals surface area contributed by atoms with Gasteiger partial charge in [0.25, 0.3) is 0 Å². The highest BCUT2D eigenvalue weighted by Gasteiger charge is 2.30. The minimum absolute atomic E-state index is 0.110. The fraction of sp³-hybridized carbons (Fsp3) is 0.160. The van der Waals surface area contributed by atoms with E-state index in [9.17, 15) is 18.0 Å². The maximum absolute atomic E-state index is 12.7. The third-order valence-electron chi connectivity index (χ3n) is 4.80. The molecule has 0 aliphatic carbocycles. The number of ketones is 1. The highest BCUT2D eigenvalue weighted by atomic mass is 19.4. The normalized spacial score (nSPS) is 14.2. The zero-order valence-corrected chi connectivity index (χ0v) is 17.1. The van der Waals surface area contributed by atoms with Crippen LogP contribution in [-0.4, -0.2) is 12.4 Å². The molecule has 0 radical (unpaired) electrons. The number of rotatable bonds is 6. The number of alkyl halides is 3. The number of ether oxygens (including phenoxy) is 3. The molecule has 32 heavy (non-hydrogen) atoms. The summed E-state index contributed by atoms with van der Waals surface area (Å²) in [6, 6.07) is 16.9. The molecular weight excluding hydrogens is 421 g/mol. The third-order valence-corrected chi connectivity index (χ3v) is 4.80. The topological polar surface area (TPSA) is 44.8 Å². The quantitative estimate of drug-likeness (QED) is 0.422. The summed E-state index contributed by atoms with van der Waals surface area (Å²) in [5.41, 5.74) is 1.06. The molecule has 4 nitrogen and oxygen atoms in total. The van der Waals surface area contributed by atoms with E-state index in [1.807, 2.05) is 6.92 Å². The van der Waals surface area contributed by atoms with E-state index in [4.69, 9.17) is 14.2 Å². The number of carbonyl (C=O) groups is 1. The van der Waals surface area contributed by atoms with Crippen LogP contribution in [0.5, 0.6) is 17.2 Å². The molecule has 0 aromatic heterocycles. The van der Waals surface area contributed by atoms with E-state index in [1.54, 1.807) is 48.5 Å². The fourth-order valence-corrected chi connectivity index (χ4v) is 3.23. The number of benzene rings is 3. The van der Waals surface area contributed by atoms with E-state index in [0.29, 0.717) is 40.5 Å². The largest absolute Gasteiger partial charge is 0.494 e. The minimum atomic E-state index is -4.37. The van der Waals surface area contributed by atoms with Gasteiger partial charge in [0.2, 0.25) is 5.78 Å². The number of allylic oxidation sites excluding steroid dienone is 1. The Labute approximate surface area is 182 Å². The molecule has 0 bridgehead atoms. The van der Waals surface area contributed by atoms with Gasteiger partial charge in [-0.25, -0.2) is 0 Å². The average Bonchev–Trinajstić information content (AvgIpc) is 3.07. The van der Waals surface area contributed by atoms with Crippen LogP contribution in [0.25, 0.3) is 6.08 Å². The van der Waals surface area contributed by atoms with Crippen molar-refractivity contribution in [1.29, 1.82) is 0 Å².